The fraction of sp³-hybridized carbons (Fsp3) is 0.0714. The van der Waals surface area contributed by atoms with Crippen molar-refractivity contribution in [3.05, 3.63) is 52.5 Å². The van der Waals surface area contributed by atoms with Gasteiger partial charge in [-0.2, -0.15) is 5.26 Å². The van der Waals surface area contributed by atoms with E-state index in [1.165, 1.54) is 0 Å². The van der Waals surface area contributed by atoms with Crippen LogP contribution in [-0.4, -0.2) is 7.11 Å². The molecule has 0 bridgehead atoms. The van der Waals surface area contributed by atoms with Crippen LogP contribution in [0.4, 0.5) is 0 Å². The van der Waals surface area contributed by atoms with Gasteiger partial charge < -0.3 is 4.74 Å². The van der Waals surface area contributed by atoms with Crippen molar-refractivity contribution >= 4 is 15.9 Å². The van der Waals surface area contributed by atoms with Crippen LogP contribution >= 0.6 is 15.9 Å². The van der Waals surface area contributed by atoms with Crippen molar-refractivity contribution in [3.63, 3.8) is 0 Å². The van der Waals surface area contributed by atoms with E-state index in [0.29, 0.717) is 5.56 Å². The van der Waals surface area contributed by atoms with Crippen LogP contribution in [0.2, 0.25) is 0 Å². The molecule has 2 aromatic rings. The third kappa shape index (κ3) is 2.17. The Kier molecular flexibility index (Phi) is 3.46. The molecule has 84 valence electrons. The largest absolute Gasteiger partial charge is 0.496 e. The van der Waals surface area contributed by atoms with Crippen molar-refractivity contribution in [2.45, 2.75) is 0 Å². The molecule has 0 saturated heterocycles. The van der Waals surface area contributed by atoms with E-state index in [4.69, 9.17) is 4.74 Å². The molecule has 2 aromatic carbocycles. The molecule has 0 spiro atoms. The fourth-order valence-corrected chi connectivity index (χ4v) is 2.18. The van der Waals surface area contributed by atoms with E-state index in [9.17, 15) is 5.26 Å². The summed E-state index contributed by atoms with van der Waals surface area (Å²) in [5.74, 6) is 0.766. The molecule has 3 heteroatoms. The predicted octanol–water partition coefficient (Wildman–Crippen LogP) is 4.00. The maximum atomic E-state index is 9.20. The summed E-state index contributed by atoms with van der Waals surface area (Å²) in [6, 6.07) is 15.6. The number of methoxy groups -OCH3 is 1. The standard InChI is InChI=1S/C14H10BrNO/c1-17-14-8-3-2-5-11(14)10-6-4-7-13(15)12(10)9-16/h2-8H,1H3. The number of rotatable bonds is 2. The van der Waals surface area contributed by atoms with Gasteiger partial charge in [0.25, 0.3) is 0 Å². The van der Waals surface area contributed by atoms with E-state index in [-0.39, 0.29) is 0 Å². The molecule has 0 fully saturated rings. The number of para-hydroxylation sites is 1. The van der Waals surface area contributed by atoms with E-state index in [1.807, 2.05) is 42.5 Å². The number of nitriles is 1. The fourth-order valence-electron chi connectivity index (χ4n) is 1.73. The number of benzene rings is 2. The lowest BCUT2D eigenvalue weighted by atomic mass is 10.00. The Morgan fingerprint density at radius 2 is 1.76 bits per heavy atom. The van der Waals surface area contributed by atoms with Gasteiger partial charge in [0, 0.05) is 15.6 Å². The molecular weight excluding hydrogens is 278 g/mol. The molecule has 17 heavy (non-hydrogen) atoms. The van der Waals surface area contributed by atoms with Crippen molar-refractivity contribution in [2.24, 2.45) is 0 Å². The van der Waals surface area contributed by atoms with E-state index in [0.717, 1.165) is 21.3 Å². The summed E-state index contributed by atoms with van der Waals surface area (Å²) in [6.07, 6.45) is 0. The lowest BCUT2D eigenvalue weighted by Gasteiger charge is -2.10. The molecule has 0 radical (unpaired) electrons. The minimum atomic E-state index is 0.622. The summed E-state index contributed by atoms with van der Waals surface area (Å²) in [6.45, 7) is 0. The lowest BCUT2D eigenvalue weighted by Crippen LogP contribution is -1.90. The van der Waals surface area contributed by atoms with Crippen LogP contribution in [0.1, 0.15) is 5.56 Å². The Hall–Kier alpha value is -1.79. The van der Waals surface area contributed by atoms with Crippen LogP contribution in [0.3, 0.4) is 0 Å². The topological polar surface area (TPSA) is 33.0 Å². The third-order valence-electron chi connectivity index (χ3n) is 2.52. The van der Waals surface area contributed by atoms with Gasteiger partial charge in [-0.15, -0.1) is 0 Å². The number of ether oxygens (including phenoxy) is 1. The first kappa shape index (κ1) is 11.7. The van der Waals surface area contributed by atoms with Gasteiger partial charge in [-0.3, -0.25) is 0 Å². The van der Waals surface area contributed by atoms with Gasteiger partial charge in [0.2, 0.25) is 0 Å². The van der Waals surface area contributed by atoms with Crippen molar-refractivity contribution in [3.8, 4) is 22.9 Å². The van der Waals surface area contributed by atoms with Crippen molar-refractivity contribution in [1.82, 2.24) is 0 Å². The van der Waals surface area contributed by atoms with Gasteiger partial charge in [-0.05, 0) is 28.1 Å². The van der Waals surface area contributed by atoms with Crippen LogP contribution in [0.25, 0.3) is 11.1 Å². The first-order valence-electron chi connectivity index (χ1n) is 5.10. The molecule has 2 rings (SSSR count). The minimum Gasteiger partial charge on any atom is -0.496 e. The number of nitrogens with zero attached hydrogens (tertiary/aromatic N) is 1. The minimum absolute atomic E-state index is 0.622. The Morgan fingerprint density at radius 1 is 1.06 bits per heavy atom. The van der Waals surface area contributed by atoms with Crippen LogP contribution in [0.15, 0.2) is 46.9 Å². The van der Waals surface area contributed by atoms with Gasteiger partial charge in [0.1, 0.15) is 11.8 Å². The summed E-state index contributed by atoms with van der Waals surface area (Å²) in [7, 11) is 1.63. The highest BCUT2D eigenvalue weighted by molar-refractivity contribution is 9.10. The molecule has 0 N–H and O–H groups in total. The Bertz CT molecular complexity index is 587. The van der Waals surface area contributed by atoms with Crippen LogP contribution in [0.5, 0.6) is 5.75 Å². The molecule has 0 aliphatic heterocycles. The van der Waals surface area contributed by atoms with Crippen LogP contribution in [0, 0.1) is 11.3 Å². The van der Waals surface area contributed by atoms with Gasteiger partial charge >= 0.3 is 0 Å². The summed E-state index contributed by atoms with van der Waals surface area (Å²) in [4.78, 5) is 0. The van der Waals surface area contributed by atoms with Crippen LogP contribution in [-0.2, 0) is 0 Å². The maximum absolute atomic E-state index is 9.20. The highest BCUT2D eigenvalue weighted by atomic mass is 79.9. The predicted molar refractivity (Wildman–Crippen MR) is 70.8 cm³/mol. The van der Waals surface area contributed by atoms with Crippen molar-refractivity contribution < 1.29 is 4.74 Å². The zero-order valence-electron chi connectivity index (χ0n) is 9.27. The molecule has 0 aliphatic rings. The second-order valence-electron chi connectivity index (χ2n) is 3.47. The number of hydrogen-bond acceptors (Lipinski definition) is 2. The molecule has 0 atom stereocenters. The molecule has 0 unspecified atom stereocenters. The molecule has 0 aromatic heterocycles. The molecule has 0 amide bonds. The second-order valence-corrected chi connectivity index (χ2v) is 4.33. The average Bonchev–Trinajstić information content (AvgIpc) is 2.38. The third-order valence-corrected chi connectivity index (χ3v) is 3.18. The van der Waals surface area contributed by atoms with Gasteiger partial charge in [0.15, 0.2) is 0 Å². The highest BCUT2D eigenvalue weighted by Gasteiger charge is 2.11. The van der Waals surface area contributed by atoms with E-state index >= 15 is 0 Å². The van der Waals surface area contributed by atoms with Crippen molar-refractivity contribution in [2.75, 3.05) is 7.11 Å². The van der Waals surface area contributed by atoms with E-state index < -0.39 is 0 Å². The summed E-state index contributed by atoms with van der Waals surface area (Å²) in [5.41, 5.74) is 2.42. The molecule has 2 nitrogen and oxygen atoms in total. The quantitative estimate of drug-likeness (QED) is 0.837. The normalized spacial score (nSPS) is 9.71. The summed E-state index contributed by atoms with van der Waals surface area (Å²) < 4.78 is 6.11. The van der Waals surface area contributed by atoms with E-state index in [1.54, 1.807) is 7.11 Å². The van der Waals surface area contributed by atoms with Crippen LogP contribution < -0.4 is 4.74 Å². The average molecular weight is 288 g/mol. The van der Waals surface area contributed by atoms with Gasteiger partial charge in [-0.1, -0.05) is 30.3 Å². The summed E-state index contributed by atoms with van der Waals surface area (Å²) >= 11 is 3.39. The highest BCUT2D eigenvalue weighted by Crippen LogP contribution is 2.34. The zero-order chi connectivity index (χ0) is 12.3. The van der Waals surface area contributed by atoms with E-state index in [2.05, 4.69) is 22.0 Å². The Labute approximate surface area is 109 Å². The van der Waals surface area contributed by atoms with Gasteiger partial charge in [-0.25, -0.2) is 0 Å². The van der Waals surface area contributed by atoms with Gasteiger partial charge in [0.05, 0.1) is 12.7 Å². The first-order valence-corrected chi connectivity index (χ1v) is 5.89. The summed E-state index contributed by atoms with van der Waals surface area (Å²) in [5, 5.41) is 9.20. The molecule has 0 aliphatic carbocycles. The zero-order valence-corrected chi connectivity index (χ0v) is 10.9. The number of hydrogen-bond donors (Lipinski definition) is 0. The van der Waals surface area contributed by atoms with Crippen molar-refractivity contribution in [1.29, 1.82) is 5.26 Å². The SMILES string of the molecule is COc1ccccc1-c1cccc(Br)c1C#N. The molecular formula is C14H10BrNO. The second kappa shape index (κ2) is 5.03. The Balaban J connectivity index is 2.69. The smallest absolute Gasteiger partial charge is 0.126 e. The lowest BCUT2D eigenvalue weighted by molar-refractivity contribution is 0.416. The maximum Gasteiger partial charge on any atom is 0.126 e. The molecule has 0 heterocycles. The monoisotopic (exact) mass is 287 g/mol. The number of halogens is 1. The Morgan fingerprint density at radius 3 is 2.47 bits per heavy atom. The first-order chi connectivity index (χ1) is 8.27. The molecule has 0 saturated carbocycles.